The molecule has 0 spiro atoms. The van der Waals surface area contributed by atoms with Gasteiger partial charge in [0, 0.05) is 29.1 Å². The van der Waals surface area contributed by atoms with Crippen molar-refractivity contribution in [3.05, 3.63) is 52.6 Å². The van der Waals surface area contributed by atoms with E-state index in [0.29, 0.717) is 22.5 Å². The van der Waals surface area contributed by atoms with Gasteiger partial charge in [0.1, 0.15) is 12.4 Å². The van der Waals surface area contributed by atoms with Crippen molar-refractivity contribution >= 4 is 23.2 Å². The van der Waals surface area contributed by atoms with Crippen LogP contribution >= 0.6 is 0 Å². The summed E-state index contributed by atoms with van der Waals surface area (Å²) >= 11 is 0. The molecule has 1 amide bonds. The van der Waals surface area contributed by atoms with E-state index in [4.69, 9.17) is 0 Å². The number of nitrogens with zero attached hydrogens (tertiary/aromatic N) is 4. The molecule has 3 rings (SSSR count). The van der Waals surface area contributed by atoms with Crippen LogP contribution in [0.25, 0.3) is 11.0 Å². The number of alkyl halides is 3. The van der Waals surface area contributed by atoms with Crippen LogP contribution in [0.1, 0.15) is 40.1 Å². The van der Waals surface area contributed by atoms with Crippen LogP contribution in [0.15, 0.2) is 29.4 Å². The SMILES string of the molecule is CCn1c(C)nc2cc(C(=O)N/N=C/c3cc(C)n(CC(F)(F)F)c3C)ccc21. The molecular weight excluding hydrogens is 383 g/mol. The molecule has 0 radical (unpaired) electrons. The largest absolute Gasteiger partial charge is 0.406 e. The molecule has 0 aliphatic carbocycles. The quantitative estimate of drug-likeness (QED) is 0.513. The third-order valence-corrected chi connectivity index (χ3v) is 4.84. The number of benzene rings is 1. The molecule has 2 aromatic heterocycles. The second kappa shape index (κ2) is 7.73. The van der Waals surface area contributed by atoms with Gasteiger partial charge in [-0.3, -0.25) is 4.79 Å². The molecule has 3 aromatic rings. The van der Waals surface area contributed by atoms with E-state index in [1.807, 2.05) is 24.5 Å². The summed E-state index contributed by atoms with van der Waals surface area (Å²) in [6, 6.07) is 6.81. The number of amides is 1. The van der Waals surface area contributed by atoms with Gasteiger partial charge in [0.2, 0.25) is 0 Å². The summed E-state index contributed by atoms with van der Waals surface area (Å²) < 4.78 is 41.3. The van der Waals surface area contributed by atoms with Crippen LogP contribution in [0.5, 0.6) is 0 Å². The Balaban J connectivity index is 1.75. The Morgan fingerprint density at radius 1 is 1.21 bits per heavy atom. The molecule has 154 valence electrons. The Labute approximate surface area is 166 Å². The lowest BCUT2D eigenvalue weighted by Gasteiger charge is -2.12. The van der Waals surface area contributed by atoms with Gasteiger partial charge >= 0.3 is 6.18 Å². The highest BCUT2D eigenvalue weighted by Crippen LogP contribution is 2.22. The second-order valence-corrected chi connectivity index (χ2v) is 6.83. The smallest absolute Gasteiger partial charge is 0.339 e. The molecule has 0 atom stereocenters. The summed E-state index contributed by atoms with van der Waals surface area (Å²) in [4.78, 5) is 16.8. The number of hydrazone groups is 1. The van der Waals surface area contributed by atoms with Crippen molar-refractivity contribution in [3.8, 4) is 0 Å². The fourth-order valence-electron chi connectivity index (χ4n) is 3.40. The number of carbonyl (C=O) groups is 1. The molecule has 2 heterocycles. The van der Waals surface area contributed by atoms with Crippen molar-refractivity contribution in [2.24, 2.45) is 5.10 Å². The molecule has 0 saturated heterocycles. The summed E-state index contributed by atoms with van der Waals surface area (Å²) in [7, 11) is 0. The molecule has 0 fully saturated rings. The molecule has 0 unspecified atom stereocenters. The van der Waals surface area contributed by atoms with Crippen LogP contribution in [0.4, 0.5) is 13.2 Å². The lowest BCUT2D eigenvalue weighted by Crippen LogP contribution is -2.19. The van der Waals surface area contributed by atoms with E-state index < -0.39 is 18.6 Å². The van der Waals surface area contributed by atoms with Crippen LogP contribution in [0, 0.1) is 20.8 Å². The van der Waals surface area contributed by atoms with E-state index in [0.717, 1.165) is 23.4 Å². The summed E-state index contributed by atoms with van der Waals surface area (Å²) in [5.74, 6) is 0.447. The van der Waals surface area contributed by atoms with Gasteiger partial charge in [0.25, 0.3) is 5.91 Å². The van der Waals surface area contributed by atoms with E-state index in [-0.39, 0.29) is 0 Å². The van der Waals surface area contributed by atoms with Crippen molar-refractivity contribution in [2.75, 3.05) is 0 Å². The van der Waals surface area contributed by atoms with Crippen molar-refractivity contribution in [2.45, 2.75) is 47.0 Å². The Morgan fingerprint density at radius 2 is 1.93 bits per heavy atom. The first kappa shape index (κ1) is 20.6. The molecule has 29 heavy (non-hydrogen) atoms. The third kappa shape index (κ3) is 4.33. The number of halogens is 3. The summed E-state index contributed by atoms with van der Waals surface area (Å²) in [6.07, 6.45) is -2.96. The van der Waals surface area contributed by atoms with Crippen molar-refractivity contribution < 1.29 is 18.0 Å². The van der Waals surface area contributed by atoms with Gasteiger partial charge in [0.15, 0.2) is 0 Å². The predicted octanol–water partition coefficient (Wildman–Crippen LogP) is 4.11. The molecule has 0 bridgehead atoms. The maximum absolute atomic E-state index is 12.7. The topological polar surface area (TPSA) is 64.2 Å². The number of hydrogen-bond donors (Lipinski definition) is 1. The standard InChI is InChI=1S/C20H22F3N5O/c1-5-27-14(4)25-17-9-15(6-7-18(17)27)19(29)26-24-10-16-8-12(2)28(13(16)3)11-20(21,22)23/h6-10H,5,11H2,1-4H3,(H,26,29)/b24-10+. The van der Waals surface area contributed by atoms with E-state index in [9.17, 15) is 18.0 Å². The Bertz CT molecular complexity index is 1090. The minimum atomic E-state index is -4.31. The lowest BCUT2D eigenvalue weighted by atomic mass is 10.2. The van der Waals surface area contributed by atoms with Crippen molar-refractivity contribution in [1.82, 2.24) is 19.5 Å². The second-order valence-electron chi connectivity index (χ2n) is 6.83. The molecule has 9 heteroatoms. The van der Waals surface area contributed by atoms with E-state index in [2.05, 4.69) is 15.5 Å². The average Bonchev–Trinajstić information content (AvgIpc) is 3.09. The Morgan fingerprint density at radius 3 is 2.59 bits per heavy atom. The first-order chi connectivity index (χ1) is 13.6. The molecular formula is C20H22F3N5O. The monoisotopic (exact) mass is 405 g/mol. The van der Waals surface area contributed by atoms with Gasteiger partial charge in [-0.05, 0) is 52.0 Å². The number of fused-ring (bicyclic) bond motifs is 1. The van der Waals surface area contributed by atoms with Gasteiger partial charge in [-0.25, -0.2) is 10.4 Å². The maximum atomic E-state index is 12.7. The zero-order chi connectivity index (χ0) is 21.3. The Kier molecular flexibility index (Phi) is 5.50. The summed E-state index contributed by atoms with van der Waals surface area (Å²) in [5.41, 5.74) is 5.90. The number of aryl methyl sites for hydroxylation is 3. The summed E-state index contributed by atoms with van der Waals surface area (Å²) in [5, 5.41) is 3.90. The van der Waals surface area contributed by atoms with Crippen molar-refractivity contribution in [1.29, 1.82) is 0 Å². The van der Waals surface area contributed by atoms with Gasteiger partial charge in [-0.2, -0.15) is 18.3 Å². The van der Waals surface area contributed by atoms with Gasteiger partial charge in [-0.15, -0.1) is 0 Å². The molecule has 1 aromatic carbocycles. The van der Waals surface area contributed by atoms with Crippen LogP contribution in [0.2, 0.25) is 0 Å². The molecule has 6 nitrogen and oxygen atoms in total. The highest BCUT2D eigenvalue weighted by atomic mass is 19.4. The highest BCUT2D eigenvalue weighted by molar-refractivity contribution is 5.98. The zero-order valence-electron chi connectivity index (χ0n) is 16.6. The zero-order valence-corrected chi connectivity index (χ0v) is 16.6. The predicted molar refractivity (Wildman–Crippen MR) is 105 cm³/mol. The van der Waals surface area contributed by atoms with Crippen LogP contribution < -0.4 is 5.43 Å². The minimum Gasteiger partial charge on any atom is -0.339 e. The number of rotatable bonds is 5. The summed E-state index contributed by atoms with van der Waals surface area (Å²) in [6.45, 7) is 6.83. The number of aromatic nitrogens is 3. The number of nitrogens with one attached hydrogen (secondary N) is 1. The maximum Gasteiger partial charge on any atom is 0.406 e. The van der Waals surface area contributed by atoms with Crippen LogP contribution in [-0.2, 0) is 13.1 Å². The number of imidazole rings is 1. The fraction of sp³-hybridized carbons (Fsp3) is 0.350. The third-order valence-electron chi connectivity index (χ3n) is 4.84. The first-order valence-electron chi connectivity index (χ1n) is 9.14. The normalized spacial score (nSPS) is 12.2. The van der Waals surface area contributed by atoms with E-state index in [1.165, 1.54) is 10.8 Å². The van der Waals surface area contributed by atoms with Crippen molar-refractivity contribution in [3.63, 3.8) is 0 Å². The molecule has 0 aliphatic rings. The van der Waals surface area contributed by atoms with Gasteiger partial charge in [-0.1, -0.05) is 0 Å². The molecule has 1 N–H and O–H groups in total. The first-order valence-corrected chi connectivity index (χ1v) is 9.14. The van der Waals surface area contributed by atoms with Crippen LogP contribution in [-0.4, -0.2) is 32.4 Å². The highest BCUT2D eigenvalue weighted by Gasteiger charge is 2.29. The Hall–Kier alpha value is -3.10. The average molecular weight is 405 g/mol. The molecule has 0 aliphatic heterocycles. The minimum absolute atomic E-state index is 0.401. The van der Waals surface area contributed by atoms with E-state index in [1.54, 1.807) is 32.0 Å². The number of carbonyl (C=O) groups excluding carboxylic acids is 1. The van der Waals surface area contributed by atoms with Gasteiger partial charge in [0.05, 0.1) is 17.2 Å². The van der Waals surface area contributed by atoms with E-state index >= 15 is 0 Å². The lowest BCUT2D eigenvalue weighted by molar-refractivity contribution is -0.141. The fourth-order valence-corrected chi connectivity index (χ4v) is 3.40. The number of hydrogen-bond acceptors (Lipinski definition) is 3. The molecule has 0 saturated carbocycles. The van der Waals surface area contributed by atoms with Gasteiger partial charge < -0.3 is 9.13 Å². The van der Waals surface area contributed by atoms with Crippen LogP contribution in [0.3, 0.4) is 0 Å².